The highest BCUT2D eigenvalue weighted by atomic mass is 35.5. The van der Waals surface area contributed by atoms with Crippen LogP contribution in [0.3, 0.4) is 0 Å². The van der Waals surface area contributed by atoms with Crippen LogP contribution in [0.25, 0.3) is 0 Å². The van der Waals surface area contributed by atoms with Gasteiger partial charge in [-0.25, -0.2) is 8.78 Å². The second-order valence-corrected chi connectivity index (χ2v) is 6.39. The van der Waals surface area contributed by atoms with Crippen LogP contribution in [-0.2, 0) is 5.72 Å². The minimum absolute atomic E-state index is 0.119. The van der Waals surface area contributed by atoms with Crippen LogP contribution < -0.4 is 5.73 Å². The molecule has 0 fully saturated rings. The van der Waals surface area contributed by atoms with E-state index in [2.05, 4.69) is 0 Å². The number of nitrogens with two attached hydrogens (primary N) is 1. The molecule has 2 rings (SSSR count). The maximum Gasteiger partial charge on any atom is 0.244 e. The molecule has 0 aliphatic carbocycles. The van der Waals surface area contributed by atoms with Gasteiger partial charge in [0.25, 0.3) is 0 Å². The van der Waals surface area contributed by atoms with Crippen molar-refractivity contribution in [2.45, 2.75) is 18.1 Å². The van der Waals surface area contributed by atoms with E-state index in [9.17, 15) is 18.3 Å². The Balaban J connectivity index is 2.57. The van der Waals surface area contributed by atoms with Crippen LogP contribution in [0.2, 0.25) is 10.0 Å². The molecule has 3 atom stereocenters. The molecule has 0 aliphatic heterocycles. The van der Waals surface area contributed by atoms with Crippen molar-refractivity contribution in [3.63, 3.8) is 0 Å². The van der Waals surface area contributed by atoms with Crippen LogP contribution in [0.1, 0.15) is 17.0 Å². The Morgan fingerprint density at radius 1 is 1.04 bits per heavy atom. The molecule has 0 saturated carbocycles. The topological polar surface area (TPSA) is 46.2 Å². The molecule has 3 N–H and O–H groups in total. The van der Waals surface area contributed by atoms with E-state index in [1.165, 1.54) is 42.5 Å². The lowest BCUT2D eigenvalue weighted by molar-refractivity contribution is -0.0529. The van der Waals surface area contributed by atoms with Gasteiger partial charge in [-0.3, -0.25) is 10.1 Å². The quantitative estimate of drug-likeness (QED) is 0.714. The Morgan fingerprint density at radius 3 is 2.17 bits per heavy atom. The Morgan fingerprint density at radius 2 is 1.67 bits per heavy atom. The summed E-state index contributed by atoms with van der Waals surface area (Å²) in [5.74, 6) is -3.18. The molecule has 7 heteroatoms. The first kappa shape index (κ1) is 19.1. The minimum Gasteiger partial charge on any atom is -0.371 e. The van der Waals surface area contributed by atoms with Gasteiger partial charge in [0, 0.05) is 21.5 Å². The van der Waals surface area contributed by atoms with Gasteiger partial charge in [-0.15, -0.1) is 0 Å². The van der Waals surface area contributed by atoms with Crippen molar-refractivity contribution >= 4 is 23.2 Å². The van der Waals surface area contributed by atoms with Crippen LogP contribution >= 0.6 is 23.2 Å². The summed E-state index contributed by atoms with van der Waals surface area (Å²) in [4.78, 5) is 0. The fraction of sp³-hybridized carbons (Fsp3) is 0.294. The Bertz CT molecular complexity index is 680. The lowest BCUT2D eigenvalue weighted by Crippen LogP contribution is -2.47. The maximum atomic E-state index is 13.4. The van der Waals surface area contributed by atoms with Crippen molar-refractivity contribution in [3.8, 4) is 0 Å². The third kappa shape index (κ3) is 4.03. The molecule has 3 unspecified atom stereocenters. The summed E-state index contributed by atoms with van der Waals surface area (Å²) in [5.41, 5.74) is 4.13. The van der Waals surface area contributed by atoms with Crippen molar-refractivity contribution in [2.24, 2.45) is 11.7 Å². The summed E-state index contributed by atoms with van der Waals surface area (Å²) in [5, 5.41) is 11.5. The summed E-state index contributed by atoms with van der Waals surface area (Å²) >= 11 is 11.7. The highest BCUT2D eigenvalue weighted by molar-refractivity contribution is 6.30. The summed E-state index contributed by atoms with van der Waals surface area (Å²) in [7, 11) is 0. The largest absolute Gasteiger partial charge is 0.371 e. The molecule has 0 spiro atoms. The van der Waals surface area contributed by atoms with E-state index in [0.29, 0.717) is 5.02 Å². The second-order valence-electron chi connectivity index (χ2n) is 5.52. The SMILES string of the molecule is NC(O)(c1cccc(Cl)c1)C(c1ccc(Cl)cc1)C(CF)C(F)F. The van der Waals surface area contributed by atoms with Gasteiger partial charge in [-0.2, -0.15) is 0 Å². The summed E-state index contributed by atoms with van der Waals surface area (Å²) in [6.45, 7) is -1.34. The van der Waals surface area contributed by atoms with Crippen molar-refractivity contribution in [1.29, 1.82) is 0 Å². The number of hydrogen-bond donors (Lipinski definition) is 2. The van der Waals surface area contributed by atoms with E-state index in [1.54, 1.807) is 6.07 Å². The lowest BCUT2D eigenvalue weighted by atomic mass is 9.76. The zero-order chi connectivity index (χ0) is 17.9. The Kier molecular flexibility index (Phi) is 6.15. The third-order valence-corrected chi connectivity index (χ3v) is 4.41. The zero-order valence-electron chi connectivity index (χ0n) is 12.5. The number of hydrogen-bond acceptors (Lipinski definition) is 2. The molecule has 24 heavy (non-hydrogen) atoms. The highest BCUT2D eigenvalue weighted by Crippen LogP contribution is 2.42. The normalized spacial score (nSPS) is 16.7. The predicted octanol–water partition coefficient (Wildman–Crippen LogP) is 4.73. The first-order valence-electron chi connectivity index (χ1n) is 7.14. The molecular weight excluding hydrogens is 362 g/mol. The molecule has 0 heterocycles. The summed E-state index contributed by atoms with van der Waals surface area (Å²) in [6, 6.07) is 11.7. The minimum atomic E-state index is -3.01. The van der Waals surface area contributed by atoms with Crippen molar-refractivity contribution in [1.82, 2.24) is 0 Å². The molecule has 0 bridgehead atoms. The number of halogens is 5. The van der Waals surface area contributed by atoms with Crippen LogP contribution in [0.4, 0.5) is 13.2 Å². The summed E-state index contributed by atoms with van der Waals surface area (Å²) in [6.07, 6.45) is -3.01. The standard InChI is InChI=1S/C17H16Cl2F3NO/c18-12-6-4-10(5-7-12)15(14(9-20)16(21)22)17(23,24)11-2-1-3-13(19)8-11/h1-8,14-16,24H,9,23H2. The van der Waals surface area contributed by atoms with Crippen LogP contribution in [-0.4, -0.2) is 18.2 Å². The van der Waals surface area contributed by atoms with E-state index in [4.69, 9.17) is 28.9 Å². The molecule has 130 valence electrons. The third-order valence-electron chi connectivity index (χ3n) is 3.92. The predicted molar refractivity (Wildman–Crippen MR) is 89.2 cm³/mol. The van der Waals surface area contributed by atoms with Gasteiger partial charge >= 0.3 is 0 Å². The molecule has 2 nitrogen and oxygen atoms in total. The Labute approximate surface area is 148 Å². The fourth-order valence-corrected chi connectivity index (χ4v) is 3.03. The van der Waals surface area contributed by atoms with Crippen LogP contribution in [0.5, 0.6) is 0 Å². The molecule has 0 aliphatic rings. The molecular formula is C17H16Cl2F3NO. The van der Waals surface area contributed by atoms with E-state index < -0.39 is 30.7 Å². The molecule has 0 radical (unpaired) electrons. The van der Waals surface area contributed by atoms with Crippen molar-refractivity contribution in [3.05, 3.63) is 69.7 Å². The van der Waals surface area contributed by atoms with Gasteiger partial charge in [0.15, 0.2) is 0 Å². The molecule has 2 aromatic carbocycles. The van der Waals surface area contributed by atoms with Gasteiger partial charge in [0.1, 0.15) is 5.72 Å². The first-order valence-corrected chi connectivity index (χ1v) is 7.89. The monoisotopic (exact) mass is 377 g/mol. The van der Waals surface area contributed by atoms with Gasteiger partial charge < -0.3 is 5.11 Å². The van der Waals surface area contributed by atoms with Crippen LogP contribution in [0, 0.1) is 5.92 Å². The maximum absolute atomic E-state index is 13.4. The highest BCUT2D eigenvalue weighted by Gasteiger charge is 2.44. The fourth-order valence-electron chi connectivity index (χ4n) is 2.72. The molecule has 0 saturated heterocycles. The smallest absolute Gasteiger partial charge is 0.244 e. The number of rotatable bonds is 6. The molecule has 2 aromatic rings. The van der Waals surface area contributed by atoms with E-state index in [1.807, 2.05) is 0 Å². The van der Waals surface area contributed by atoms with E-state index in [-0.39, 0.29) is 16.1 Å². The number of alkyl halides is 3. The number of benzene rings is 2. The Hall–Kier alpha value is -1.27. The average Bonchev–Trinajstić information content (AvgIpc) is 2.53. The van der Waals surface area contributed by atoms with Gasteiger partial charge in [-0.1, -0.05) is 47.5 Å². The van der Waals surface area contributed by atoms with Gasteiger partial charge in [-0.05, 0) is 29.8 Å². The molecule has 0 amide bonds. The number of aliphatic hydroxyl groups is 1. The first-order chi connectivity index (χ1) is 11.3. The lowest BCUT2D eigenvalue weighted by Gasteiger charge is -2.37. The van der Waals surface area contributed by atoms with Crippen LogP contribution in [0.15, 0.2) is 48.5 Å². The summed E-state index contributed by atoms with van der Waals surface area (Å²) < 4.78 is 40.1. The van der Waals surface area contributed by atoms with Gasteiger partial charge in [0.05, 0.1) is 12.6 Å². The van der Waals surface area contributed by atoms with E-state index >= 15 is 0 Å². The second kappa shape index (κ2) is 7.74. The average molecular weight is 378 g/mol. The van der Waals surface area contributed by atoms with Crippen molar-refractivity contribution < 1.29 is 18.3 Å². The van der Waals surface area contributed by atoms with Crippen molar-refractivity contribution in [2.75, 3.05) is 6.67 Å². The van der Waals surface area contributed by atoms with E-state index in [0.717, 1.165) is 0 Å². The zero-order valence-corrected chi connectivity index (χ0v) is 14.0. The van der Waals surface area contributed by atoms with Gasteiger partial charge in [0.2, 0.25) is 6.43 Å². The molecule has 0 aromatic heterocycles.